The molecular weight excluding hydrogens is 368 g/mol. The van der Waals surface area contributed by atoms with Crippen LogP contribution in [0.4, 0.5) is 5.69 Å². The van der Waals surface area contributed by atoms with Crippen molar-refractivity contribution in [3.05, 3.63) is 50.2 Å². The third kappa shape index (κ3) is 3.75. The molecule has 0 spiro atoms. The van der Waals surface area contributed by atoms with E-state index in [4.69, 9.17) is 9.47 Å². The summed E-state index contributed by atoms with van der Waals surface area (Å²) in [6, 6.07) is 4.68. The van der Waals surface area contributed by atoms with Crippen molar-refractivity contribution in [1.29, 1.82) is 0 Å². The van der Waals surface area contributed by atoms with Gasteiger partial charge in [-0.1, -0.05) is 12.8 Å². The SMILES string of the molecule is COc1cc(C(=O)NCC2(c3ccsc3)CCCC2)c([N+](=O)[O-])cc1OC. The summed E-state index contributed by atoms with van der Waals surface area (Å²) in [7, 11) is 2.82. The Labute approximate surface area is 161 Å². The van der Waals surface area contributed by atoms with Crippen molar-refractivity contribution in [2.24, 2.45) is 0 Å². The quantitative estimate of drug-likeness (QED) is 0.572. The maximum Gasteiger partial charge on any atom is 0.286 e. The molecule has 1 saturated carbocycles. The summed E-state index contributed by atoms with van der Waals surface area (Å²) in [5, 5.41) is 18.5. The molecule has 0 bridgehead atoms. The second-order valence-corrected chi connectivity index (χ2v) is 7.44. The van der Waals surface area contributed by atoms with Crippen LogP contribution in [0.15, 0.2) is 29.0 Å². The third-order valence-electron chi connectivity index (χ3n) is 5.22. The van der Waals surface area contributed by atoms with Gasteiger partial charge in [0, 0.05) is 18.0 Å². The first kappa shape index (κ1) is 19.2. The van der Waals surface area contributed by atoms with Gasteiger partial charge in [-0.3, -0.25) is 14.9 Å². The van der Waals surface area contributed by atoms with Crippen LogP contribution in [-0.4, -0.2) is 31.6 Å². The summed E-state index contributed by atoms with van der Waals surface area (Å²) in [6.45, 7) is 0.452. The highest BCUT2D eigenvalue weighted by atomic mass is 32.1. The highest BCUT2D eigenvalue weighted by Gasteiger charge is 2.37. The minimum Gasteiger partial charge on any atom is -0.493 e. The Morgan fingerprint density at radius 3 is 2.48 bits per heavy atom. The van der Waals surface area contributed by atoms with Crippen LogP contribution in [0.1, 0.15) is 41.6 Å². The number of hydrogen-bond donors (Lipinski definition) is 1. The van der Waals surface area contributed by atoms with Gasteiger partial charge in [-0.05, 0) is 35.2 Å². The van der Waals surface area contributed by atoms with Crippen LogP contribution in [-0.2, 0) is 5.41 Å². The first-order chi connectivity index (χ1) is 13.0. The second-order valence-electron chi connectivity index (χ2n) is 6.66. The number of methoxy groups -OCH3 is 2. The van der Waals surface area contributed by atoms with E-state index in [2.05, 4.69) is 16.8 Å². The van der Waals surface area contributed by atoms with Crippen LogP contribution in [0.5, 0.6) is 11.5 Å². The van der Waals surface area contributed by atoms with Gasteiger partial charge in [-0.15, -0.1) is 0 Å². The number of nitro benzene ring substituents is 1. The number of rotatable bonds is 7. The lowest BCUT2D eigenvalue weighted by molar-refractivity contribution is -0.385. The number of amides is 1. The molecule has 1 N–H and O–H groups in total. The van der Waals surface area contributed by atoms with Gasteiger partial charge in [0.15, 0.2) is 11.5 Å². The molecule has 144 valence electrons. The Hall–Kier alpha value is -2.61. The van der Waals surface area contributed by atoms with Crippen LogP contribution in [0.3, 0.4) is 0 Å². The molecule has 1 heterocycles. The molecule has 1 amide bonds. The van der Waals surface area contributed by atoms with E-state index in [0.29, 0.717) is 6.54 Å². The number of carbonyl (C=O) groups excluding carboxylic acids is 1. The summed E-state index contributed by atoms with van der Waals surface area (Å²) in [5.41, 5.74) is 0.797. The summed E-state index contributed by atoms with van der Waals surface area (Å²) >= 11 is 1.64. The first-order valence-corrected chi connectivity index (χ1v) is 9.66. The maximum atomic E-state index is 12.8. The van der Waals surface area contributed by atoms with E-state index in [1.54, 1.807) is 11.3 Å². The van der Waals surface area contributed by atoms with Crippen molar-refractivity contribution in [3.8, 4) is 11.5 Å². The zero-order chi connectivity index (χ0) is 19.4. The minimum absolute atomic E-state index is 0.0314. The molecule has 8 heteroatoms. The molecule has 1 aliphatic carbocycles. The largest absolute Gasteiger partial charge is 0.493 e. The highest BCUT2D eigenvalue weighted by Crippen LogP contribution is 2.41. The maximum absolute atomic E-state index is 12.8. The van der Waals surface area contributed by atoms with Crippen LogP contribution in [0.2, 0.25) is 0 Å². The minimum atomic E-state index is -0.582. The van der Waals surface area contributed by atoms with Crippen molar-refractivity contribution in [2.75, 3.05) is 20.8 Å². The highest BCUT2D eigenvalue weighted by molar-refractivity contribution is 7.08. The van der Waals surface area contributed by atoms with E-state index < -0.39 is 10.8 Å². The molecule has 27 heavy (non-hydrogen) atoms. The van der Waals surface area contributed by atoms with Crippen molar-refractivity contribution < 1.29 is 19.2 Å². The third-order valence-corrected chi connectivity index (χ3v) is 5.91. The molecule has 0 aliphatic heterocycles. The normalized spacial score (nSPS) is 15.3. The number of hydrogen-bond acceptors (Lipinski definition) is 6. The predicted molar refractivity (Wildman–Crippen MR) is 103 cm³/mol. The lowest BCUT2D eigenvalue weighted by atomic mass is 9.80. The van der Waals surface area contributed by atoms with Crippen molar-refractivity contribution in [2.45, 2.75) is 31.1 Å². The fourth-order valence-corrected chi connectivity index (χ4v) is 4.51. The first-order valence-electron chi connectivity index (χ1n) is 8.72. The fraction of sp³-hybridized carbons (Fsp3) is 0.421. The summed E-state index contributed by atoms with van der Waals surface area (Å²) in [6.07, 6.45) is 4.22. The summed E-state index contributed by atoms with van der Waals surface area (Å²) in [4.78, 5) is 23.6. The van der Waals surface area contributed by atoms with Gasteiger partial charge in [-0.25, -0.2) is 0 Å². The van der Waals surface area contributed by atoms with Gasteiger partial charge in [0.1, 0.15) is 5.56 Å². The van der Waals surface area contributed by atoms with Crippen LogP contribution in [0.25, 0.3) is 0 Å². The molecule has 2 aromatic rings. The number of carbonyl (C=O) groups is 1. The Morgan fingerprint density at radius 2 is 1.93 bits per heavy atom. The van der Waals surface area contributed by atoms with Crippen LogP contribution < -0.4 is 14.8 Å². The van der Waals surface area contributed by atoms with Gasteiger partial charge >= 0.3 is 0 Å². The monoisotopic (exact) mass is 390 g/mol. The Balaban J connectivity index is 1.86. The number of benzene rings is 1. The van der Waals surface area contributed by atoms with E-state index in [1.165, 1.54) is 31.9 Å². The lowest BCUT2D eigenvalue weighted by Crippen LogP contribution is -2.39. The summed E-state index contributed by atoms with van der Waals surface area (Å²) < 4.78 is 10.3. The average Bonchev–Trinajstić information content (AvgIpc) is 3.37. The Kier molecular flexibility index (Phi) is 5.65. The molecule has 1 fully saturated rings. The van der Waals surface area contributed by atoms with E-state index in [0.717, 1.165) is 25.7 Å². The molecule has 7 nitrogen and oxygen atoms in total. The van der Waals surface area contributed by atoms with Gasteiger partial charge < -0.3 is 14.8 Å². The van der Waals surface area contributed by atoms with Crippen molar-refractivity contribution in [1.82, 2.24) is 5.32 Å². The molecule has 0 unspecified atom stereocenters. The van der Waals surface area contributed by atoms with Crippen molar-refractivity contribution in [3.63, 3.8) is 0 Å². The summed E-state index contributed by atoms with van der Waals surface area (Å²) in [5.74, 6) is 0.0112. The lowest BCUT2D eigenvalue weighted by Gasteiger charge is -2.28. The van der Waals surface area contributed by atoms with Gasteiger partial charge in [0.05, 0.1) is 25.2 Å². The Bertz CT molecular complexity index is 829. The zero-order valence-corrected chi connectivity index (χ0v) is 16.1. The molecule has 0 saturated heterocycles. The number of nitrogens with one attached hydrogen (secondary N) is 1. The van der Waals surface area contributed by atoms with Crippen molar-refractivity contribution >= 4 is 22.9 Å². The van der Waals surface area contributed by atoms with Gasteiger partial charge in [0.25, 0.3) is 11.6 Å². The predicted octanol–water partition coefficient (Wildman–Crippen LogP) is 3.92. The number of thiophene rings is 1. The molecule has 1 aromatic heterocycles. The Morgan fingerprint density at radius 1 is 1.26 bits per heavy atom. The van der Waals surface area contributed by atoms with E-state index in [9.17, 15) is 14.9 Å². The van der Waals surface area contributed by atoms with E-state index >= 15 is 0 Å². The molecular formula is C19H22N2O5S. The second kappa shape index (κ2) is 7.96. The van der Waals surface area contributed by atoms with E-state index in [-0.39, 0.29) is 28.2 Å². The average molecular weight is 390 g/mol. The topological polar surface area (TPSA) is 90.7 Å². The molecule has 3 rings (SSSR count). The van der Waals surface area contributed by atoms with Crippen LogP contribution in [0, 0.1) is 10.1 Å². The number of nitro groups is 1. The standard InChI is InChI=1S/C19H22N2O5S/c1-25-16-9-14(15(21(23)24)10-17(16)26-2)18(22)20-12-19(6-3-4-7-19)13-5-8-27-11-13/h5,8-11H,3-4,6-7,12H2,1-2H3,(H,20,22). The van der Waals surface area contributed by atoms with Gasteiger partial charge in [0.2, 0.25) is 0 Å². The van der Waals surface area contributed by atoms with Gasteiger partial charge in [-0.2, -0.15) is 11.3 Å². The van der Waals surface area contributed by atoms with E-state index in [1.807, 2.05) is 5.38 Å². The molecule has 0 radical (unpaired) electrons. The number of nitrogens with zero attached hydrogens (tertiary/aromatic N) is 1. The fourth-order valence-electron chi connectivity index (χ4n) is 3.73. The molecule has 1 aliphatic rings. The number of ether oxygens (including phenoxy) is 2. The molecule has 0 atom stereocenters. The van der Waals surface area contributed by atoms with Crippen LogP contribution >= 0.6 is 11.3 Å². The molecule has 1 aromatic carbocycles. The smallest absolute Gasteiger partial charge is 0.286 e. The zero-order valence-electron chi connectivity index (χ0n) is 15.3.